The molecule has 6 aromatic carbocycles. The van der Waals surface area contributed by atoms with E-state index in [1.165, 1.54) is 10.8 Å². The van der Waals surface area contributed by atoms with Crippen molar-refractivity contribution in [3.05, 3.63) is 127 Å². The number of aromatic amines is 1. The SMILES string of the molecule is Oc1cc(N(c2ccccc2)c2ccccc2)ccc1-c1nc2c3ccccc3c3ccccc3c2[nH]1. The van der Waals surface area contributed by atoms with Crippen molar-refractivity contribution >= 4 is 49.6 Å². The predicted octanol–water partition coefficient (Wildman–Crippen LogP) is 8.71. The number of benzene rings is 6. The number of hydrogen-bond acceptors (Lipinski definition) is 3. The molecule has 0 aliphatic carbocycles. The van der Waals surface area contributed by atoms with Crippen LogP contribution in [0, 0.1) is 0 Å². The number of aromatic nitrogens is 2. The monoisotopic (exact) mass is 477 g/mol. The van der Waals surface area contributed by atoms with Crippen LogP contribution in [0.3, 0.4) is 0 Å². The molecule has 0 spiro atoms. The Balaban J connectivity index is 1.39. The summed E-state index contributed by atoms with van der Waals surface area (Å²) >= 11 is 0. The summed E-state index contributed by atoms with van der Waals surface area (Å²) in [5, 5.41) is 15.8. The highest BCUT2D eigenvalue weighted by Crippen LogP contribution is 2.40. The zero-order valence-electron chi connectivity index (χ0n) is 20.0. The number of H-pyrrole nitrogens is 1. The number of para-hydroxylation sites is 2. The molecule has 0 radical (unpaired) electrons. The predicted molar refractivity (Wildman–Crippen MR) is 153 cm³/mol. The van der Waals surface area contributed by atoms with Gasteiger partial charge < -0.3 is 15.0 Å². The Bertz CT molecular complexity index is 1780. The third-order valence-electron chi connectivity index (χ3n) is 6.90. The molecular weight excluding hydrogens is 454 g/mol. The standard InChI is InChI=1S/C33H23N3O/c37-30-21-24(36(22-11-3-1-4-12-22)23-13-5-2-6-14-23)19-20-29(30)33-34-31-27-17-9-7-15-25(27)26-16-8-10-18-28(26)32(31)35-33/h1-21,37H,(H,34,35). The molecule has 0 fully saturated rings. The number of aromatic hydroxyl groups is 1. The molecule has 0 unspecified atom stereocenters. The van der Waals surface area contributed by atoms with Gasteiger partial charge in [0.2, 0.25) is 0 Å². The molecule has 176 valence electrons. The quantitative estimate of drug-likeness (QED) is 0.249. The fourth-order valence-electron chi connectivity index (χ4n) is 5.21. The number of nitrogens with one attached hydrogen (secondary N) is 1. The smallest absolute Gasteiger partial charge is 0.142 e. The van der Waals surface area contributed by atoms with Crippen LogP contribution in [-0.2, 0) is 0 Å². The van der Waals surface area contributed by atoms with Crippen molar-refractivity contribution in [3.63, 3.8) is 0 Å². The maximum atomic E-state index is 11.3. The zero-order chi connectivity index (χ0) is 24.8. The molecule has 0 amide bonds. The number of phenolic OH excluding ortho intramolecular Hbond substituents is 1. The third kappa shape index (κ3) is 3.50. The number of hydrogen-bond donors (Lipinski definition) is 2. The maximum Gasteiger partial charge on any atom is 0.142 e. The lowest BCUT2D eigenvalue weighted by molar-refractivity contribution is 0.477. The van der Waals surface area contributed by atoms with E-state index in [0.29, 0.717) is 11.4 Å². The fourth-order valence-corrected chi connectivity index (χ4v) is 5.21. The largest absolute Gasteiger partial charge is 0.507 e. The number of anilines is 3. The van der Waals surface area contributed by atoms with E-state index in [-0.39, 0.29) is 5.75 Å². The van der Waals surface area contributed by atoms with Crippen molar-refractivity contribution in [1.82, 2.24) is 9.97 Å². The Morgan fingerprint density at radius 2 is 1.08 bits per heavy atom. The average Bonchev–Trinajstić information content (AvgIpc) is 3.40. The van der Waals surface area contributed by atoms with Gasteiger partial charge in [0.05, 0.1) is 16.6 Å². The Hall–Kier alpha value is -5.09. The summed E-state index contributed by atoms with van der Waals surface area (Å²) in [6, 6.07) is 42.8. The van der Waals surface area contributed by atoms with Gasteiger partial charge in [0.15, 0.2) is 0 Å². The summed E-state index contributed by atoms with van der Waals surface area (Å²) < 4.78 is 0. The average molecular weight is 478 g/mol. The molecule has 7 aromatic rings. The van der Waals surface area contributed by atoms with Gasteiger partial charge in [0, 0.05) is 33.9 Å². The molecule has 2 N–H and O–H groups in total. The van der Waals surface area contributed by atoms with Gasteiger partial charge in [-0.3, -0.25) is 0 Å². The van der Waals surface area contributed by atoms with Crippen LogP contribution in [0.15, 0.2) is 127 Å². The number of rotatable bonds is 4. The van der Waals surface area contributed by atoms with Gasteiger partial charge in [-0.15, -0.1) is 0 Å². The van der Waals surface area contributed by atoms with E-state index in [9.17, 15) is 5.11 Å². The topological polar surface area (TPSA) is 52.1 Å². The summed E-state index contributed by atoms with van der Waals surface area (Å²) in [7, 11) is 0. The molecule has 4 heteroatoms. The van der Waals surface area contributed by atoms with E-state index in [2.05, 4.69) is 70.5 Å². The lowest BCUT2D eigenvalue weighted by Crippen LogP contribution is -2.09. The number of fused-ring (bicyclic) bond motifs is 6. The summed E-state index contributed by atoms with van der Waals surface area (Å²) in [5.41, 5.74) is 5.44. The molecule has 0 atom stereocenters. The van der Waals surface area contributed by atoms with E-state index in [4.69, 9.17) is 4.98 Å². The van der Waals surface area contributed by atoms with Gasteiger partial charge in [-0.1, -0.05) is 84.9 Å². The van der Waals surface area contributed by atoms with Gasteiger partial charge in [0.1, 0.15) is 11.6 Å². The Kier molecular flexibility index (Phi) is 4.90. The molecular formula is C33H23N3O. The minimum Gasteiger partial charge on any atom is -0.507 e. The minimum atomic E-state index is 0.169. The second-order valence-electron chi connectivity index (χ2n) is 9.11. The van der Waals surface area contributed by atoms with Gasteiger partial charge in [-0.25, -0.2) is 4.98 Å². The van der Waals surface area contributed by atoms with Crippen LogP contribution < -0.4 is 4.90 Å². The first-order chi connectivity index (χ1) is 18.3. The van der Waals surface area contributed by atoms with Crippen molar-refractivity contribution in [2.75, 3.05) is 4.90 Å². The van der Waals surface area contributed by atoms with Crippen LogP contribution in [0.1, 0.15) is 0 Å². The number of phenols is 1. The molecule has 4 nitrogen and oxygen atoms in total. The molecule has 7 rings (SSSR count). The fraction of sp³-hybridized carbons (Fsp3) is 0. The summed E-state index contributed by atoms with van der Waals surface area (Å²) in [6.45, 7) is 0. The van der Waals surface area contributed by atoms with E-state index in [0.717, 1.165) is 38.9 Å². The lowest BCUT2D eigenvalue weighted by Gasteiger charge is -2.25. The molecule has 0 saturated carbocycles. The molecule has 37 heavy (non-hydrogen) atoms. The van der Waals surface area contributed by atoms with E-state index in [1.807, 2.05) is 60.7 Å². The summed E-state index contributed by atoms with van der Waals surface area (Å²) in [5.74, 6) is 0.813. The summed E-state index contributed by atoms with van der Waals surface area (Å²) in [6.07, 6.45) is 0. The second kappa shape index (κ2) is 8.54. The highest BCUT2D eigenvalue weighted by molar-refractivity contribution is 6.23. The Morgan fingerprint density at radius 3 is 1.70 bits per heavy atom. The van der Waals surface area contributed by atoms with Crippen LogP contribution in [0.4, 0.5) is 17.1 Å². The van der Waals surface area contributed by atoms with Crippen molar-refractivity contribution < 1.29 is 5.11 Å². The van der Waals surface area contributed by atoms with Crippen LogP contribution in [0.5, 0.6) is 5.75 Å². The zero-order valence-corrected chi connectivity index (χ0v) is 20.0. The van der Waals surface area contributed by atoms with Crippen molar-refractivity contribution in [1.29, 1.82) is 0 Å². The van der Waals surface area contributed by atoms with Gasteiger partial charge >= 0.3 is 0 Å². The number of nitrogens with zero attached hydrogens (tertiary/aromatic N) is 2. The van der Waals surface area contributed by atoms with E-state index in [1.54, 1.807) is 6.07 Å². The highest BCUT2D eigenvalue weighted by atomic mass is 16.3. The second-order valence-corrected chi connectivity index (χ2v) is 9.11. The molecule has 0 aliphatic heterocycles. The van der Waals surface area contributed by atoms with Crippen LogP contribution >= 0.6 is 0 Å². The van der Waals surface area contributed by atoms with Gasteiger partial charge in [-0.2, -0.15) is 0 Å². The molecule has 0 saturated heterocycles. The Labute approximate surface area is 214 Å². The van der Waals surface area contributed by atoms with Crippen LogP contribution in [0.2, 0.25) is 0 Å². The minimum absolute atomic E-state index is 0.169. The lowest BCUT2D eigenvalue weighted by atomic mass is 10.0. The molecule has 0 bridgehead atoms. The van der Waals surface area contributed by atoms with Gasteiger partial charge in [-0.05, 0) is 47.2 Å². The first-order valence-electron chi connectivity index (χ1n) is 12.3. The highest BCUT2D eigenvalue weighted by Gasteiger charge is 2.18. The van der Waals surface area contributed by atoms with Crippen molar-refractivity contribution in [2.45, 2.75) is 0 Å². The Morgan fingerprint density at radius 1 is 0.541 bits per heavy atom. The third-order valence-corrected chi connectivity index (χ3v) is 6.90. The number of imidazole rings is 1. The maximum absolute atomic E-state index is 11.3. The van der Waals surface area contributed by atoms with Crippen LogP contribution in [0.25, 0.3) is 44.0 Å². The van der Waals surface area contributed by atoms with Gasteiger partial charge in [0.25, 0.3) is 0 Å². The van der Waals surface area contributed by atoms with E-state index < -0.39 is 0 Å². The van der Waals surface area contributed by atoms with Crippen molar-refractivity contribution in [2.24, 2.45) is 0 Å². The first kappa shape index (κ1) is 21.2. The van der Waals surface area contributed by atoms with Crippen molar-refractivity contribution in [3.8, 4) is 17.1 Å². The van der Waals surface area contributed by atoms with E-state index >= 15 is 0 Å². The molecule has 0 aliphatic rings. The summed E-state index contributed by atoms with van der Waals surface area (Å²) in [4.78, 5) is 10.6. The first-order valence-corrected chi connectivity index (χ1v) is 12.3. The molecule has 1 aromatic heterocycles. The van der Waals surface area contributed by atoms with Crippen LogP contribution in [-0.4, -0.2) is 15.1 Å². The molecule has 1 heterocycles. The normalized spacial score (nSPS) is 11.4.